The Balaban J connectivity index is 1.55. The highest BCUT2D eigenvalue weighted by Crippen LogP contribution is 2.31. The molecular weight excluding hydrogens is 368 g/mol. The summed E-state index contributed by atoms with van der Waals surface area (Å²) in [6.07, 6.45) is 9.03. The van der Waals surface area contributed by atoms with Crippen LogP contribution in [0.1, 0.15) is 87.8 Å². The van der Waals surface area contributed by atoms with Gasteiger partial charge in [0.15, 0.2) is 0 Å². The molecule has 0 spiro atoms. The van der Waals surface area contributed by atoms with Crippen LogP contribution in [-0.2, 0) is 22.6 Å². The van der Waals surface area contributed by atoms with E-state index in [9.17, 15) is 14.4 Å². The van der Waals surface area contributed by atoms with Crippen molar-refractivity contribution in [3.63, 3.8) is 0 Å². The van der Waals surface area contributed by atoms with Crippen molar-refractivity contribution in [2.24, 2.45) is 5.92 Å². The minimum Gasteiger partial charge on any atom is -0.337 e. The summed E-state index contributed by atoms with van der Waals surface area (Å²) >= 11 is 0. The summed E-state index contributed by atoms with van der Waals surface area (Å²) in [5.41, 5.74) is 1.27. The summed E-state index contributed by atoms with van der Waals surface area (Å²) in [6, 6.07) is -0.140. The second-order valence-corrected chi connectivity index (χ2v) is 8.72. The van der Waals surface area contributed by atoms with Crippen LogP contribution in [0.2, 0.25) is 0 Å². The van der Waals surface area contributed by atoms with Gasteiger partial charge in [0.2, 0.25) is 11.8 Å². The van der Waals surface area contributed by atoms with Crippen LogP contribution < -0.4 is 5.56 Å². The number of amides is 2. The molecule has 29 heavy (non-hydrogen) atoms. The van der Waals surface area contributed by atoms with E-state index in [1.807, 2.05) is 16.7 Å². The normalized spacial score (nSPS) is 22.6. The van der Waals surface area contributed by atoms with E-state index in [2.05, 4.69) is 4.98 Å². The first-order valence-electron chi connectivity index (χ1n) is 11.3. The SMILES string of the molecule is CCCC(=O)N1CCCC[C@H]1c1nc2c(c(=O)[nH]1)CN(C(=O)C1CCCC1)CC2. The van der Waals surface area contributed by atoms with Gasteiger partial charge in [-0.2, -0.15) is 0 Å². The molecule has 0 unspecified atom stereocenters. The molecule has 4 rings (SSSR count). The number of aromatic amines is 1. The van der Waals surface area contributed by atoms with E-state index in [1.54, 1.807) is 0 Å². The molecule has 3 aliphatic rings. The first kappa shape index (κ1) is 20.1. The second kappa shape index (κ2) is 8.67. The van der Waals surface area contributed by atoms with Gasteiger partial charge < -0.3 is 14.8 Å². The first-order valence-corrected chi connectivity index (χ1v) is 11.3. The van der Waals surface area contributed by atoms with E-state index in [-0.39, 0.29) is 29.3 Å². The van der Waals surface area contributed by atoms with Gasteiger partial charge in [0.05, 0.1) is 23.8 Å². The van der Waals surface area contributed by atoms with Crippen molar-refractivity contribution in [2.45, 2.75) is 83.7 Å². The lowest BCUT2D eigenvalue weighted by atomic mass is 9.99. The molecule has 7 heteroatoms. The molecule has 7 nitrogen and oxygen atoms in total. The topological polar surface area (TPSA) is 86.4 Å². The minimum atomic E-state index is -0.151. The number of fused-ring (bicyclic) bond motifs is 1. The fourth-order valence-electron chi connectivity index (χ4n) is 5.09. The van der Waals surface area contributed by atoms with Crippen LogP contribution in [0.15, 0.2) is 4.79 Å². The summed E-state index contributed by atoms with van der Waals surface area (Å²) < 4.78 is 0. The summed E-state index contributed by atoms with van der Waals surface area (Å²) in [7, 11) is 0. The number of carbonyl (C=O) groups is 2. The number of rotatable bonds is 4. The minimum absolute atomic E-state index is 0.128. The number of nitrogens with zero attached hydrogens (tertiary/aromatic N) is 3. The Hall–Kier alpha value is -2.18. The van der Waals surface area contributed by atoms with E-state index in [0.29, 0.717) is 37.3 Å². The maximum Gasteiger partial charge on any atom is 0.256 e. The second-order valence-electron chi connectivity index (χ2n) is 8.72. The lowest BCUT2D eigenvalue weighted by Crippen LogP contribution is -2.43. The molecule has 0 bridgehead atoms. The molecule has 1 aromatic heterocycles. The van der Waals surface area contributed by atoms with E-state index >= 15 is 0 Å². The van der Waals surface area contributed by atoms with Gasteiger partial charge in [-0.25, -0.2) is 4.98 Å². The van der Waals surface area contributed by atoms with Gasteiger partial charge in [-0.05, 0) is 38.5 Å². The molecule has 1 saturated carbocycles. The molecule has 1 aliphatic carbocycles. The van der Waals surface area contributed by atoms with Crippen molar-refractivity contribution in [1.82, 2.24) is 19.8 Å². The van der Waals surface area contributed by atoms with E-state index in [4.69, 9.17) is 4.98 Å². The van der Waals surface area contributed by atoms with Crippen LogP contribution in [0.3, 0.4) is 0 Å². The van der Waals surface area contributed by atoms with Crippen molar-refractivity contribution < 1.29 is 9.59 Å². The smallest absolute Gasteiger partial charge is 0.256 e. The van der Waals surface area contributed by atoms with Crippen molar-refractivity contribution in [3.8, 4) is 0 Å². The first-order chi connectivity index (χ1) is 14.1. The predicted octanol–water partition coefficient (Wildman–Crippen LogP) is 2.70. The standard InChI is InChI=1S/C22H32N4O3/c1-2-7-19(27)26-12-6-5-10-18(26)20-23-17-11-13-25(14-16(17)21(28)24-20)22(29)15-8-3-4-9-15/h15,18H,2-14H2,1H3,(H,23,24,28)/t18-/m0/s1. The van der Waals surface area contributed by atoms with E-state index < -0.39 is 0 Å². The Morgan fingerprint density at radius 1 is 1.10 bits per heavy atom. The summed E-state index contributed by atoms with van der Waals surface area (Å²) in [5.74, 6) is 1.09. The van der Waals surface area contributed by atoms with Crippen LogP contribution in [0.5, 0.6) is 0 Å². The molecule has 3 heterocycles. The van der Waals surface area contributed by atoms with Gasteiger partial charge in [-0.3, -0.25) is 14.4 Å². The Morgan fingerprint density at radius 2 is 1.86 bits per heavy atom. The molecule has 1 aromatic rings. The number of aromatic nitrogens is 2. The highest BCUT2D eigenvalue weighted by molar-refractivity contribution is 5.79. The van der Waals surface area contributed by atoms with E-state index in [0.717, 1.165) is 63.6 Å². The number of piperidine rings is 1. The van der Waals surface area contributed by atoms with E-state index in [1.165, 1.54) is 0 Å². The molecule has 2 amide bonds. The lowest BCUT2D eigenvalue weighted by Gasteiger charge is -2.36. The van der Waals surface area contributed by atoms with Crippen molar-refractivity contribution in [2.75, 3.05) is 13.1 Å². The van der Waals surface area contributed by atoms with Crippen LogP contribution in [0.25, 0.3) is 0 Å². The molecule has 1 atom stereocenters. The number of hydrogen-bond acceptors (Lipinski definition) is 4. The van der Waals surface area contributed by atoms with Gasteiger partial charge >= 0.3 is 0 Å². The maximum atomic E-state index is 12.9. The molecule has 2 aliphatic heterocycles. The average Bonchev–Trinajstić information content (AvgIpc) is 3.28. The van der Waals surface area contributed by atoms with Crippen LogP contribution in [0, 0.1) is 5.92 Å². The van der Waals surface area contributed by atoms with Gasteiger partial charge in [0.1, 0.15) is 5.82 Å². The molecule has 2 fully saturated rings. The third-order valence-electron chi connectivity index (χ3n) is 6.71. The Labute approximate surface area is 171 Å². The van der Waals surface area contributed by atoms with Crippen LogP contribution >= 0.6 is 0 Å². The van der Waals surface area contributed by atoms with Crippen LogP contribution in [-0.4, -0.2) is 44.7 Å². The molecular formula is C22H32N4O3. The monoisotopic (exact) mass is 400 g/mol. The molecule has 0 radical (unpaired) electrons. The fraction of sp³-hybridized carbons (Fsp3) is 0.727. The zero-order chi connectivity index (χ0) is 20.4. The van der Waals surface area contributed by atoms with Crippen LogP contribution in [0.4, 0.5) is 0 Å². The van der Waals surface area contributed by atoms with Gasteiger partial charge in [0, 0.05) is 31.8 Å². The third kappa shape index (κ3) is 4.09. The number of likely N-dealkylation sites (tertiary alicyclic amines) is 1. The number of H-pyrrole nitrogens is 1. The predicted molar refractivity (Wildman–Crippen MR) is 109 cm³/mol. The maximum absolute atomic E-state index is 12.9. The van der Waals surface area contributed by atoms with Gasteiger partial charge in [-0.15, -0.1) is 0 Å². The van der Waals surface area contributed by atoms with Crippen molar-refractivity contribution in [3.05, 3.63) is 27.4 Å². The molecule has 0 aromatic carbocycles. The van der Waals surface area contributed by atoms with Crippen molar-refractivity contribution in [1.29, 1.82) is 0 Å². The Bertz CT molecular complexity index is 828. The number of carbonyl (C=O) groups excluding carboxylic acids is 2. The largest absolute Gasteiger partial charge is 0.337 e. The number of nitrogens with one attached hydrogen (secondary N) is 1. The zero-order valence-electron chi connectivity index (χ0n) is 17.4. The molecule has 1 N–H and O–H groups in total. The lowest BCUT2D eigenvalue weighted by molar-refractivity contribution is -0.136. The highest BCUT2D eigenvalue weighted by atomic mass is 16.2. The zero-order valence-corrected chi connectivity index (χ0v) is 17.4. The third-order valence-corrected chi connectivity index (χ3v) is 6.71. The van der Waals surface area contributed by atoms with Gasteiger partial charge in [-0.1, -0.05) is 19.8 Å². The van der Waals surface area contributed by atoms with Crippen molar-refractivity contribution >= 4 is 11.8 Å². The Morgan fingerprint density at radius 3 is 2.62 bits per heavy atom. The summed E-state index contributed by atoms with van der Waals surface area (Å²) in [4.78, 5) is 49.7. The highest BCUT2D eigenvalue weighted by Gasteiger charge is 2.33. The quantitative estimate of drug-likeness (QED) is 0.842. The molecule has 1 saturated heterocycles. The number of hydrogen-bond donors (Lipinski definition) is 1. The average molecular weight is 401 g/mol. The summed E-state index contributed by atoms with van der Waals surface area (Å²) in [5, 5.41) is 0. The summed E-state index contributed by atoms with van der Waals surface area (Å²) in [6.45, 7) is 3.72. The Kier molecular flexibility index (Phi) is 6.01. The van der Waals surface area contributed by atoms with Gasteiger partial charge in [0.25, 0.3) is 5.56 Å². The molecule has 158 valence electrons. The fourth-order valence-corrected chi connectivity index (χ4v) is 5.09.